The van der Waals surface area contributed by atoms with E-state index in [1.165, 1.54) is 0 Å². The van der Waals surface area contributed by atoms with E-state index in [0.29, 0.717) is 36.2 Å². The third-order valence-corrected chi connectivity index (χ3v) is 5.30. The lowest BCUT2D eigenvalue weighted by Crippen LogP contribution is -2.49. The number of nitrogens with zero attached hydrogens (tertiary/aromatic N) is 6. The molecule has 26 heavy (non-hydrogen) atoms. The van der Waals surface area contributed by atoms with Gasteiger partial charge >= 0.3 is 0 Å². The molecule has 0 N–H and O–H groups in total. The van der Waals surface area contributed by atoms with Gasteiger partial charge in [-0.2, -0.15) is 4.98 Å². The molecule has 2 aromatic rings. The first-order valence-electron chi connectivity index (χ1n) is 9.09. The second-order valence-corrected chi connectivity index (χ2v) is 7.34. The normalized spacial score (nSPS) is 21.2. The predicted octanol–water partition coefficient (Wildman–Crippen LogP) is 1.79. The minimum atomic E-state index is -0.0814. The van der Waals surface area contributed by atoms with E-state index in [1.807, 2.05) is 32.7 Å². The van der Waals surface area contributed by atoms with Crippen LogP contribution in [-0.4, -0.2) is 62.5 Å². The molecule has 2 aliphatic rings. The Kier molecular flexibility index (Phi) is 4.22. The average molecular weight is 356 g/mol. The van der Waals surface area contributed by atoms with Crippen molar-refractivity contribution in [3.05, 3.63) is 34.5 Å². The molecule has 2 aromatic heterocycles. The highest BCUT2D eigenvalue weighted by molar-refractivity contribution is 5.93. The maximum absolute atomic E-state index is 13.0. The minimum absolute atomic E-state index is 0.0660. The van der Waals surface area contributed by atoms with E-state index in [2.05, 4.69) is 25.0 Å². The molecule has 0 radical (unpaired) electrons. The summed E-state index contributed by atoms with van der Waals surface area (Å²) in [6.07, 6.45) is 2.24. The number of piperazine rings is 1. The number of amides is 1. The van der Waals surface area contributed by atoms with Crippen molar-refractivity contribution in [3.63, 3.8) is 0 Å². The number of aryl methyl sites for hydroxylation is 3. The summed E-state index contributed by atoms with van der Waals surface area (Å²) in [6, 6.07) is -0.0660. The van der Waals surface area contributed by atoms with Gasteiger partial charge in [0.2, 0.25) is 5.89 Å². The molecule has 0 bridgehead atoms. The lowest BCUT2D eigenvalue weighted by Gasteiger charge is -2.37. The molecule has 1 saturated heterocycles. The summed E-state index contributed by atoms with van der Waals surface area (Å²) in [7, 11) is 2.03. The van der Waals surface area contributed by atoms with Crippen LogP contribution in [0.4, 0.5) is 0 Å². The first-order valence-corrected chi connectivity index (χ1v) is 9.09. The van der Waals surface area contributed by atoms with Gasteiger partial charge in [-0.15, -0.1) is 0 Å². The van der Waals surface area contributed by atoms with E-state index in [0.717, 1.165) is 36.7 Å². The molecule has 1 aliphatic heterocycles. The van der Waals surface area contributed by atoms with E-state index < -0.39 is 0 Å². The smallest absolute Gasteiger partial charge is 0.274 e. The molecule has 0 aromatic carbocycles. The maximum Gasteiger partial charge on any atom is 0.274 e. The van der Waals surface area contributed by atoms with Crippen LogP contribution in [0.3, 0.4) is 0 Å². The third kappa shape index (κ3) is 3.09. The quantitative estimate of drug-likeness (QED) is 0.828. The number of carbonyl (C=O) groups excluding carboxylic acids is 1. The van der Waals surface area contributed by atoms with Crippen LogP contribution in [0.25, 0.3) is 0 Å². The SMILES string of the molecule is Cc1nc(C)c(C(=O)N2CCN(C)[C@@H](c3noc(C4CC4)n3)C2)nc1C. The molecular weight excluding hydrogens is 332 g/mol. The van der Waals surface area contributed by atoms with Gasteiger partial charge in [0.25, 0.3) is 5.91 Å². The second kappa shape index (κ2) is 6.42. The minimum Gasteiger partial charge on any atom is -0.339 e. The maximum atomic E-state index is 13.0. The molecule has 1 saturated carbocycles. The molecular formula is C18H24N6O2. The van der Waals surface area contributed by atoms with Crippen LogP contribution in [0.15, 0.2) is 4.52 Å². The summed E-state index contributed by atoms with van der Waals surface area (Å²) >= 11 is 0. The number of hydrogen-bond donors (Lipinski definition) is 0. The summed E-state index contributed by atoms with van der Waals surface area (Å²) < 4.78 is 5.40. The number of hydrogen-bond acceptors (Lipinski definition) is 7. The summed E-state index contributed by atoms with van der Waals surface area (Å²) in [5, 5.41) is 4.17. The van der Waals surface area contributed by atoms with E-state index in [1.54, 1.807) is 0 Å². The van der Waals surface area contributed by atoms with Gasteiger partial charge in [-0.1, -0.05) is 5.16 Å². The zero-order valence-corrected chi connectivity index (χ0v) is 15.7. The summed E-state index contributed by atoms with van der Waals surface area (Å²) in [5.74, 6) is 1.74. The average Bonchev–Trinajstić information content (AvgIpc) is 3.35. The highest BCUT2D eigenvalue weighted by atomic mass is 16.5. The first kappa shape index (κ1) is 17.1. The molecule has 1 aliphatic carbocycles. The highest BCUT2D eigenvalue weighted by Gasteiger charge is 2.35. The molecule has 138 valence electrons. The summed E-state index contributed by atoms with van der Waals surface area (Å²) in [6.45, 7) is 7.54. The summed E-state index contributed by atoms with van der Waals surface area (Å²) in [5.41, 5.74) is 2.75. The van der Waals surface area contributed by atoms with Crippen LogP contribution in [-0.2, 0) is 0 Å². The van der Waals surface area contributed by atoms with Crippen LogP contribution < -0.4 is 0 Å². The van der Waals surface area contributed by atoms with Crippen LogP contribution in [0.2, 0.25) is 0 Å². The van der Waals surface area contributed by atoms with Crippen LogP contribution in [0, 0.1) is 20.8 Å². The Labute approximate surface area is 152 Å². The van der Waals surface area contributed by atoms with Crippen molar-refractivity contribution in [2.24, 2.45) is 0 Å². The van der Waals surface area contributed by atoms with Crippen molar-refractivity contribution in [3.8, 4) is 0 Å². The number of aromatic nitrogens is 4. The van der Waals surface area contributed by atoms with Gasteiger partial charge in [0, 0.05) is 25.6 Å². The zero-order valence-electron chi connectivity index (χ0n) is 15.7. The van der Waals surface area contributed by atoms with Gasteiger partial charge in [-0.25, -0.2) is 4.98 Å². The molecule has 0 spiro atoms. The van der Waals surface area contributed by atoms with Gasteiger partial charge in [0.1, 0.15) is 5.69 Å². The topological polar surface area (TPSA) is 88.3 Å². The van der Waals surface area contributed by atoms with Gasteiger partial charge in [0.15, 0.2) is 5.82 Å². The predicted molar refractivity (Wildman–Crippen MR) is 93.8 cm³/mol. The number of carbonyl (C=O) groups is 1. The Morgan fingerprint density at radius 1 is 1.04 bits per heavy atom. The van der Waals surface area contributed by atoms with E-state index >= 15 is 0 Å². The largest absolute Gasteiger partial charge is 0.339 e. The van der Waals surface area contributed by atoms with E-state index in [-0.39, 0.29) is 11.9 Å². The lowest BCUT2D eigenvalue weighted by molar-refractivity contribution is 0.0522. The fourth-order valence-corrected chi connectivity index (χ4v) is 3.28. The fraction of sp³-hybridized carbons (Fsp3) is 0.611. The van der Waals surface area contributed by atoms with Gasteiger partial charge in [-0.3, -0.25) is 14.7 Å². The summed E-state index contributed by atoms with van der Waals surface area (Å²) in [4.78, 5) is 30.5. The van der Waals surface area contributed by atoms with Crippen LogP contribution in [0.5, 0.6) is 0 Å². The standard InChI is InChI=1S/C18H24N6O2/c1-10-11(2)20-15(12(3)19-10)18(25)24-8-7-23(4)14(9-24)16-21-17(26-22-16)13-5-6-13/h13-14H,5-9H2,1-4H3/t14-/m1/s1. The van der Waals surface area contributed by atoms with Crippen molar-refractivity contribution < 1.29 is 9.32 Å². The Bertz CT molecular complexity index is 844. The Morgan fingerprint density at radius 2 is 1.77 bits per heavy atom. The Morgan fingerprint density at radius 3 is 2.50 bits per heavy atom. The van der Waals surface area contributed by atoms with E-state index in [9.17, 15) is 4.79 Å². The molecule has 3 heterocycles. The van der Waals surface area contributed by atoms with Crippen LogP contribution in [0.1, 0.15) is 64.1 Å². The molecule has 1 amide bonds. The molecule has 4 rings (SSSR count). The fourth-order valence-electron chi connectivity index (χ4n) is 3.28. The van der Waals surface area contributed by atoms with Crippen molar-refractivity contribution in [2.45, 2.75) is 45.6 Å². The van der Waals surface area contributed by atoms with Gasteiger partial charge < -0.3 is 9.42 Å². The molecule has 0 unspecified atom stereocenters. The third-order valence-electron chi connectivity index (χ3n) is 5.30. The van der Waals surface area contributed by atoms with Crippen molar-refractivity contribution in [1.82, 2.24) is 29.9 Å². The van der Waals surface area contributed by atoms with Gasteiger partial charge in [0.05, 0.1) is 23.1 Å². The molecule has 8 nitrogen and oxygen atoms in total. The van der Waals surface area contributed by atoms with Crippen molar-refractivity contribution in [2.75, 3.05) is 26.7 Å². The lowest BCUT2D eigenvalue weighted by atomic mass is 10.1. The van der Waals surface area contributed by atoms with Crippen molar-refractivity contribution in [1.29, 1.82) is 0 Å². The molecule has 8 heteroatoms. The Balaban J connectivity index is 1.55. The first-order chi connectivity index (χ1) is 12.4. The monoisotopic (exact) mass is 356 g/mol. The van der Waals surface area contributed by atoms with E-state index in [4.69, 9.17) is 4.52 Å². The van der Waals surface area contributed by atoms with Crippen LogP contribution >= 0.6 is 0 Å². The Hall–Kier alpha value is -2.35. The highest BCUT2D eigenvalue weighted by Crippen LogP contribution is 2.39. The van der Waals surface area contributed by atoms with Crippen molar-refractivity contribution >= 4 is 5.91 Å². The molecule has 1 atom stereocenters. The zero-order chi connectivity index (χ0) is 18.4. The number of rotatable bonds is 3. The van der Waals surface area contributed by atoms with Gasteiger partial charge in [-0.05, 0) is 40.7 Å². The number of likely N-dealkylation sites (N-methyl/N-ethyl adjacent to an activating group) is 1. The second-order valence-electron chi connectivity index (χ2n) is 7.34. The molecule has 2 fully saturated rings.